The molecule has 1 aromatic heterocycles. The van der Waals surface area contributed by atoms with Crippen LogP contribution in [0.4, 0.5) is 5.82 Å². The monoisotopic (exact) mass is 246 g/mol. The summed E-state index contributed by atoms with van der Waals surface area (Å²) in [7, 11) is 0. The number of aryl methyl sites for hydroxylation is 1. The van der Waals surface area contributed by atoms with Crippen molar-refractivity contribution in [3.63, 3.8) is 0 Å². The second kappa shape index (κ2) is 4.55. The van der Waals surface area contributed by atoms with E-state index in [0.717, 1.165) is 37.4 Å². The Balaban J connectivity index is 1.49. The Kier molecular flexibility index (Phi) is 2.89. The minimum atomic E-state index is 0.228. The van der Waals surface area contributed by atoms with Crippen LogP contribution in [0, 0.1) is 12.8 Å². The van der Waals surface area contributed by atoms with Gasteiger partial charge in [-0.1, -0.05) is 0 Å². The number of rotatable bonds is 3. The van der Waals surface area contributed by atoms with Gasteiger partial charge in [-0.05, 0) is 26.2 Å². The smallest absolute Gasteiger partial charge is 0.225 e. The van der Waals surface area contributed by atoms with E-state index in [-0.39, 0.29) is 5.92 Å². The van der Waals surface area contributed by atoms with E-state index in [1.807, 2.05) is 17.9 Å². The van der Waals surface area contributed by atoms with Gasteiger partial charge in [0.25, 0.3) is 0 Å². The minimum Gasteiger partial charge on any atom is -0.367 e. The van der Waals surface area contributed by atoms with Crippen molar-refractivity contribution in [3.8, 4) is 0 Å². The molecular formula is C13H18N4O. The third-order valence-electron chi connectivity index (χ3n) is 3.81. The lowest BCUT2D eigenvalue weighted by atomic mass is 9.79. The van der Waals surface area contributed by atoms with Crippen LogP contribution in [-0.4, -0.2) is 39.9 Å². The van der Waals surface area contributed by atoms with Crippen LogP contribution in [0.5, 0.6) is 0 Å². The predicted octanol–water partition coefficient (Wildman–Crippen LogP) is 1.21. The molecule has 2 fully saturated rings. The van der Waals surface area contributed by atoms with Crippen LogP contribution in [0.3, 0.4) is 0 Å². The second-order valence-corrected chi connectivity index (χ2v) is 5.23. The Morgan fingerprint density at radius 3 is 2.78 bits per heavy atom. The molecular weight excluding hydrogens is 228 g/mol. The zero-order valence-electron chi connectivity index (χ0n) is 10.6. The van der Waals surface area contributed by atoms with Gasteiger partial charge in [0.1, 0.15) is 12.1 Å². The molecule has 0 unspecified atom stereocenters. The topological polar surface area (TPSA) is 58.1 Å². The van der Waals surface area contributed by atoms with E-state index in [9.17, 15) is 4.79 Å². The number of carbonyl (C=O) groups is 1. The first kappa shape index (κ1) is 11.4. The number of likely N-dealkylation sites (tertiary alicyclic amines) is 1. The second-order valence-electron chi connectivity index (χ2n) is 5.23. The number of nitrogens with one attached hydrogen (secondary N) is 1. The first-order chi connectivity index (χ1) is 8.72. The van der Waals surface area contributed by atoms with E-state index in [2.05, 4.69) is 15.3 Å². The molecule has 0 atom stereocenters. The fraction of sp³-hybridized carbons (Fsp3) is 0.615. The molecule has 2 aliphatic rings. The van der Waals surface area contributed by atoms with Crippen LogP contribution in [0.25, 0.3) is 0 Å². The van der Waals surface area contributed by atoms with Gasteiger partial charge in [0.05, 0.1) is 0 Å². The molecule has 96 valence electrons. The maximum absolute atomic E-state index is 11.9. The van der Waals surface area contributed by atoms with Crippen LogP contribution in [-0.2, 0) is 4.79 Å². The van der Waals surface area contributed by atoms with Gasteiger partial charge in [0, 0.05) is 36.8 Å². The maximum Gasteiger partial charge on any atom is 0.225 e. The fourth-order valence-electron chi connectivity index (χ4n) is 2.47. The number of carbonyl (C=O) groups excluding carboxylic acids is 1. The first-order valence-corrected chi connectivity index (χ1v) is 6.56. The normalized spacial score (nSPS) is 26.2. The Labute approximate surface area is 107 Å². The summed E-state index contributed by atoms with van der Waals surface area (Å²) in [5, 5.41) is 3.36. The van der Waals surface area contributed by atoms with Gasteiger partial charge in [0.15, 0.2) is 0 Å². The maximum atomic E-state index is 11.9. The quantitative estimate of drug-likeness (QED) is 0.871. The van der Waals surface area contributed by atoms with Crippen LogP contribution >= 0.6 is 0 Å². The summed E-state index contributed by atoms with van der Waals surface area (Å²) in [6.07, 6.45) is 4.59. The molecule has 1 N–H and O–H groups in total. The van der Waals surface area contributed by atoms with Gasteiger partial charge in [-0.3, -0.25) is 4.79 Å². The van der Waals surface area contributed by atoms with Gasteiger partial charge < -0.3 is 10.2 Å². The molecule has 5 nitrogen and oxygen atoms in total. The average molecular weight is 246 g/mol. The van der Waals surface area contributed by atoms with Gasteiger partial charge in [-0.25, -0.2) is 9.97 Å². The number of hydrogen-bond acceptors (Lipinski definition) is 4. The molecule has 5 heteroatoms. The zero-order valence-corrected chi connectivity index (χ0v) is 10.6. The molecule has 18 heavy (non-hydrogen) atoms. The highest BCUT2D eigenvalue weighted by atomic mass is 16.2. The van der Waals surface area contributed by atoms with Crippen molar-refractivity contribution in [1.29, 1.82) is 0 Å². The Morgan fingerprint density at radius 1 is 1.39 bits per heavy atom. The summed E-state index contributed by atoms with van der Waals surface area (Å²) in [5.41, 5.74) is 0.958. The summed E-state index contributed by atoms with van der Waals surface area (Å²) < 4.78 is 0. The first-order valence-electron chi connectivity index (χ1n) is 6.56. The SMILES string of the molecule is Cc1cc(NC2CC(C(=O)N3CCC3)C2)ncn1. The Hall–Kier alpha value is -1.65. The van der Waals surface area contributed by atoms with Gasteiger partial charge in [-0.2, -0.15) is 0 Å². The number of aromatic nitrogens is 2. The van der Waals surface area contributed by atoms with Crippen molar-refractivity contribution in [2.24, 2.45) is 5.92 Å². The van der Waals surface area contributed by atoms with E-state index < -0.39 is 0 Å². The van der Waals surface area contributed by atoms with E-state index in [1.165, 1.54) is 6.42 Å². The van der Waals surface area contributed by atoms with E-state index >= 15 is 0 Å². The highest BCUT2D eigenvalue weighted by Gasteiger charge is 2.38. The van der Waals surface area contributed by atoms with Gasteiger partial charge in [0.2, 0.25) is 5.91 Å². The fourth-order valence-corrected chi connectivity index (χ4v) is 2.47. The van der Waals surface area contributed by atoms with Crippen molar-refractivity contribution in [3.05, 3.63) is 18.1 Å². The highest BCUT2D eigenvalue weighted by molar-refractivity contribution is 5.80. The molecule has 1 amide bonds. The summed E-state index contributed by atoms with van der Waals surface area (Å²) >= 11 is 0. The summed E-state index contributed by atoms with van der Waals surface area (Å²) in [6, 6.07) is 2.32. The molecule has 0 spiro atoms. The average Bonchev–Trinajstić information content (AvgIpc) is 2.20. The molecule has 0 aromatic carbocycles. The molecule has 3 rings (SSSR count). The number of amides is 1. The van der Waals surface area contributed by atoms with Gasteiger partial charge in [-0.15, -0.1) is 0 Å². The molecule has 2 heterocycles. The molecule has 1 aliphatic carbocycles. The molecule has 1 saturated carbocycles. The molecule has 1 saturated heterocycles. The zero-order chi connectivity index (χ0) is 12.5. The lowest BCUT2D eigenvalue weighted by Crippen LogP contribution is -2.50. The lowest BCUT2D eigenvalue weighted by molar-refractivity contribution is -0.142. The van der Waals surface area contributed by atoms with Crippen molar-refractivity contribution >= 4 is 11.7 Å². The molecule has 0 bridgehead atoms. The number of hydrogen-bond donors (Lipinski definition) is 1. The van der Waals surface area contributed by atoms with Crippen LogP contribution in [0.1, 0.15) is 25.0 Å². The summed E-state index contributed by atoms with van der Waals surface area (Å²) in [4.78, 5) is 22.1. The molecule has 0 radical (unpaired) electrons. The van der Waals surface area contributed by atoms with E-state index in [0.29, 0.717) is 11.9 Å². The van der Waals surface area contributed by atoms with Crippen LogP contribution in [0.15, 0.2) is 12.4 Å². The van der Waals surface area contributed by atoms with Gasteiger partial charge >= 0.3 is 0 Å². The molecule has 1 aromatic rings. The van der Waals surface area contributed by atoms with Crippen molar-refractivity contribution in [2.75, 3.05) is 18.4 Å². The van der Waals surface area contributed by atoms with Crippen molar-refractivity contribution in [2.45, 2.75) is 32.2 Å². The summed E-state index contributed by atoms with van der Waals surface area (Å²) in [5.74, 6) is 1.44. The third kappa shape index (κ3) is 2.17. The van der Waals surface area contributed by atoms with Crippen molar-refractivity contribution in [1.82, 2.24) is 14.9 Å². The summed E-state index contributed by atoms with van der Waals surface area (Å²) in [6.45, 7) is 3.86. The van der Waals surface area contributed by atoms with E-state index in [4.69, 9.17) is 0 Å². The van der Waals surface area contributed by atoms with Crippen LogP contribution < -0.4 is 5.32 Å². The highest BCUT2D eigenvalue weighted by Crippen LogP contribution is 2.32. The Morgan fingerprint density at radius 2 is 2.17 bits per heavy atom. The largest absolute Gasteiger partial charge is 0.367 e. The Bertz CT molecular complexity index is 452. The predicted molar refractivity (Wildman–Crippen MR) is 68.1 cm³/mol. The third-order valence-corrected chi connectivity index (χ3v) is 3.81. The standard InChI is InChI=1S/C13H18N4O/c1-9-5-12(15-8-14-9)16-11-6-10(7-11)13(18)17-3-2-4-17/h5,8,10-11H,2-4,6-7H2,1H3,(H,14,15,16). The number of nitrogens with zero attached hydrogens (tertiary/aromatic N) is 3. The van der Waals surface area contributed by atoms with Crippen LogP contribution in [0.2, 0.25) is 0 Å². The van der Waals surface area contributed by atoms with Crippen molar-refractivity contribution < 1.29 is 4.79 Å². The lowest BCUT2D eigenvalue weighted by Gasteiger charge is -2.41. The molecule has 1 aliphatic heterocycles. The van der Waals surface area contributed by atoms with E-state index in [1.54, 1.807) is 6.33 Å². The number of anilines is 1. The minimum absolute atomic E-state index is 0.228.